The van der Waals surface area contributed by atoms with Gasteiger partial charge in [-0.25, -0.2) is 18.8 Å². The molecule has 1 aliphatic rings. The number of carboxylic acid groups (broad SMARTS) is 1. The number of amides is 2. The average molecular weight is 506 g/mol. The first-order valence-corrected chi connectivity index (χ1v) is 10.5. The largest absolute Gasteiger partial charge is 0.477 e. The Balaban J connectivity index is 1.85. The number of carboxylic acids is 1. The van der Waals surface area contributed by atoms with Gasteiger partial charge in [-0.2, -0.15) is 13.2 Å². The molecule has 1 aromatic heterocycles. The van der Waals surface area contributed by atoms with Crippen molar-refractivity contribution >= 4 is 17.7 Å². The van der Waals surface area contributed by atoms with Gasteiger partial charge in [-0.15, -0.1) is 0 Å². The molecule has 2 N–H and O–H groups in total. The van der Waals surface area contributed by atoms with Crippen LogP contribution in [0.5, 0.6) is 0 Å². The minimum absolute atomic E-state index is 0.0281. The number of urea groups is 1. The van der Waals surface area contributed by atoms with E-state index in [4.69, 9.17) is 0 Å². The maximum Gasteiger partial charge on any atom is 0.416 e. The third-order valence-corrected chi connectivity index (χ3v) is 5.84. The second-order valence-electron chi connectivity index (χ2n) is 8.00. The molecule has 4 rings (SSSR count). The molecule has 0 aliphatic carbocycles. The summed E-state index contributed by atoms with van der Waals surface area (Å²) in [5.74, 6) is -2.58. The van der Waals surface area contributed by atoms with E-state index in [1.165, 1.54) is 25.1 Å². The summed E-state index contributed by atoms with van der Waals surface area (Å²) in [5.41, 5.74) is -4.62. The predicted octanol–water partition coefficient (Wildman–Crippen LogP) is 2.74. The Morgan fingerprint density at radius 1 is 1.14 bits per heavy atom. The molecule has 13 heteroatoms. The van der Waals surface area contributed by atoms with Gasteiger partial charge in [0.2, 0.25) is 0 Å². The molecular weight excluding hydrogens is 488 g/mol. The van der Waals surface area contributed by atoms with Crippen LogP contribution in [-0.4, -0.2) is 39.3 Å². The molecule has 3 aromatic rings. The summed E-state index contributed by atoms with van der Waals surface area (Å²) < 4.78 is 56.0. The number of carbonyl (C=O) groups is 2. The third-order valence-electron chi connectivity index (χ3n) is 5.84. The normalized spacial score (nSPS) is 13.7. The second-order valence-corrected chi connectivity index (χ2v) is 8.00. The summed E-state index contributed by atoms with van der Waals surface area (Å²) in [7, 11) is 0. The highest BCUT2D eigenvalue weighted by Crippen LogP contribution is 2.33. The zero-order chi connectivity index (χ0) is 26.4. The van der Waals surface area contributed by atoms with E-state index >= 15 is 0 Å². The Labute approximate surface area is 199 Å². The maximum atomic E-state index is 14.9. The molecule has 1 saturated heterocycles. The fraction of sp³-hybridized carbons (Fsp3) is 0.217. The lowest BCUT2D eigenvalue weighted by Crippen LogP contribution is -2.42. The Bertz CT molecular complexity index is 1510. The predicted molar refractivity (Wildman–Crippen MR) is 119 cm³/mol. The summed E-state index contributed by atoms with van der Waals surface area (Å²) in [5, 5.41) is 12.0. The van der Waals surface area contributed by atoms with E-state index < -0.39 is 52.9 Å². The van der Waals surface area contributed by atoms with E-state index in [-0.39, 0.29) is 29.0 Å². The van der Waals surface area contributed by atoms with Crippen molar-refractivity contribution in [3.05, 3.63) is 91.5 Å². The van der Waals surface area contributed by atoms with Gasteiger partial charge in [-0.05, 0) is 36.2 Å². The molecule has 2 heterocycles. The van der Waals surface area contributed by atoms with E-state index in [1.54, 1.807) is 0 Å². The number of carbonyl (C=O) groups excluding carboxylic acids is 1. The number of nitrogens with one attached hydrogen (secondary N) is 1. The van der Waals surface area contributed by atoms with Crippen LogP contribution in [0.3, 0.4) is 0 Å². The number of hydrogen-bond donors (Lipinski definition) is 2. The topological polar surface area (TPSA) is 114 Å². The van der Waals surface area contributed by atoms with E-state index in [2.05, 4.69) is 5.32 Å². The van der Waals surface area contributed by atoms with Crippen molar-refractivity contribution in [2.24, 2.45) is 0 Å². The van der Waals surface area contributed by atoms with Crippen molar-refractivity contribution in [1.29, 1.82) is 0 Å². The number of aromatic nitrogens is 2. The van der Waals surface area contributed by atoms with E-state index in [9.17, 15) is 41.8 Å². The first-order chi connectivity index (χ1) is 16.9. The van der Waals surface area contributed by atoms with Crippen LogP contribution in [0.4, 0.5) is 28.0 Å². The summed E-state index contributed by atoms with van der Waals surface area (Å²) >= 11 is 0. The smallest absolute Gasteiger partial charge is 0.416 e. The van der Waals surface area contributed by atoms with Crippen LogP contribution >= 0.6 is 0 Å². The summed E-state index contributed by atoms with van der Waals surface area (Å²) in [6.45, 7) is 1.04. The zero-order valence-corrected chi connectivity index (χ0v) is 18.6. The van der Waals surface area contributed by atoms with Gasteiger partial charge in [0.25, 0.3) is 5.56 Å². The standard InChI is InChI=1S/C23H18F4N4O5/c1-12-13(3-2-4-16(12)23(25,26)27)10-31-19(32)15(20(33)34)11-30(22(31)36)14-5-6-18(17(24)9-14)29-8-7-28-21(29)35/h2-6,9,11H,7-8,10H2,1H3,(H,28,35)(H,33,34). The summed E-state index contributed by atoms with van der Waals surface area (Å²) in [6, 6.07) is 6.08. The van der Waals surface area contributed by atoms with Gasteiger partial charge >= 0.3 is 23.9 Å². The Hall–Kier alpha value is -4.42. The molecule has 2 aromatic carbocycles. The third kappa shape index (κ3) is 4.34. The van der Waals surface area contributed by atoms with Gasteiger partial charge in [0.05, 0.1) is 23.5 Å². The lowest BCUT2D eigenvalue weighted by Gasteiger charge is -2.18. The molecule has 1 fully saturated rings. The van der Waals surface area contributed by atoms with E-state index in [1.807, 2.05) is 0 Å². The molecule has 0 bridgehead atoms. The lowest BCUT2D eigenvalue weighted by molar-refractivity contribution is -0.138. The highest BCUT2D eigenvalue weighted by molar-refractivity contribution is 5.94. The number of rotatable bonds is 5. The average Bonchev–Trinajstić information content (AvgIpc) is 3.22. The summed E-state index contributed by atoms with van der Waals surface area (Å²) in [4.78, 5) is 50.6. The lowest BCUT2D eigenvalue weighted by atomic mass is 10.0. The highest BCUT2D eigenvalue weighted by atomic mass is 19.4. The number of anilines is 1. The highest BCUT2D eigenvalue weighted by Gasteiger charge is 2.33. The van der Waals surface area contributed by atoms with Crippen molar-refractivity contribution in [2.45, 2.75) is 19.6 Å². The molecule has 0 unspecified atom stereocenters. The molecule has 188 valence electrons. The van der Waals surface area contributed by atoms with Crippen LogP contribution in [0.1, 0.15) is 27.0 Å². The van der Waals surface area contributed by atoms with E-state index in [0.717, 1.165) is 29.3 Å². The first-order valence-electron chi connectivity index (χ1n) is 10.5. The second kappa shape index (κ2) is 8.98. The van der Waals surface area contributed by atoms with Gasteiger partial charge in [-0.1, -0.05) is 12.1 Å². The summed E-state index contributed by atoms with van der Waals surface area (Å²) in [6.07, 6.45) is -3.96. The van der Waals surface area contributed by atoms with Gasteiger partial charge in [0, 0.05) is 25.4 Å². The van der Waals surface area contributed by atoms with Gasteiger partial charge in [-0.3, -0.25) is 18.8 Å². The monoisotopic (exact) mass is 506 g/mol. The van der Waals surface area contributed by atoms with Gasteiger partial charge in [0.15, 0.2) is 0 Å². The molecule has 0 spiro atoms. The number of halogens is 4. The molecule has 0 radical (unpaired) electrons. The molecule has 1 aliphatic heterocycles. The molecule has 36 heavy (non-hydrogen) atoms. The van der Waals surface area contributed by atoms with Crippen LogP contribution in [0.25, 0.3) is 5.69 Å². The van der Waals surface area contributed by atoms with Crippen molar-refractivity contribution in [3.63, 3.8) is 0 Å². The van der Waals surface area contributed by atoms with Crippen LogP contribution in [0.2, 0.25) is 0 Å². The van der Waals surface area contributed by atoms with Gasteiger partial charge < -0.3 is 10.4 Å². The Kier molecular flexibility index (Phi) is 6.16. The fourth-order valence-corrected chi connectivity index (χ4v) is 3.97. The molecule has 9 nitrogen and oxygen atoms in total. The van der Waals surface area contributed by atoms with Crippen LogP contribution in [-0.2, 0) is 12.7 Å². The number of alkyl halides is 3. The van der Waals surface area contributed by atoms with Crippen molar-refractivity contribution in [1.82, 2.24) is 14.5 Å². The van der Waals surface area contributed by atoms with Gasteiger partial charge in [0.1, 0.15) is 11.4 Å². The zero-order valence-electron chi connectivity index (χ0n) is 18.6. The Morgan fingerprint density at radius 3 is 2.44 bits per heavy atom. The Morgan fingerprint density at radius 2 is 1.86 bits per heavy atom. The molecular formula is C23H18F4N4O5. The van der Waals surface area contributed by atoms with Crippen LogP contribution < -0.4 is 21.5 Å². The molecule has 0 saturated carbocycles. The van der Waals surface area contributed by atoms with Crippen molar-refractivity contribution < 1.29 is 32.3 Å². The SMILES string of the molecule is Cc1c(Cn2c(=O)c(C(=O)O)cn(-c3ccc(N4CCNC4=O)c(F)c3)c2=O)cccc1C(F)(F)F. The maximum absolute atomic E-state index is 14.9. The van der Waals surface area contributed by atoms with Crippen LogP contribution in [0, 0.1) is 12.7 Å². The van der Waals surface area contributed by atoms with Crippen LogP contribution in [0.15, 0.2) is 52.2 Å². The van der Waals surface area contributed by atoms with Crippen molar-refractivity contribution in [3.8, 4) is 5.69 Å². The number of benzene rings is 2. The molecule has 0 atom stereocenters. The number of aromatic carboxylic acids is 1. The fourth-order valence-electron chi connectivity index (χ4n) is 3.97. The minimum Gasteiger partial charge on any atom is -0.477 e. The minimum atomic E-state index is -4.68. The number of hydrogen-bond acceptors (Lipinski definition) is 4. The first kappa shape index (κ1) is 24.7. The quantitative estimate of drug-likeness (QED) is 0.517. The van der Waals surface area contributed by atoms with Crippen molar-refractivity contribution in [2.75, 3.05) is 18.0 Å². The number of nitrogens with zero attached hydrogens (tertiary/aromatic N) is 3. The molecule has 2 amide bonds. The van der Waals surface area contributed by atoms with E-state index in [0.29, 0.717) is 15.7 Å².